The van der Waals surface area contributed by atoms with E-state index in [1.54, 1.807) is 0 Å². The molecule has 0 aromatic rings. The predicted octanol–water partition coefficient (Wildman–Crippen LogP) is -1.18. The van der Waals surface area contributed by atoms with E-state index in [1.807, 2.05) is 0 Å². The van der Waals surface area contributed by atoms with E-state index in [2.05, 4.69) is 11.9 Å². The van der Waals surface area contributed by atoms with Crippen molar-refractivity contribution < 1.29 is 30.7 Å². The van der Waals surface area contributed by atoms with Crippen molar-refractivity contribution in [1.29, 1.82) is 0 Å². The molecule has 0 aliphatic heterocycles. The molecule has 3 N–H and O–H groups in total. The minimum absolute atomic E-state index is 0.473. The molecule has 0 heterocycles. The summed E-state index contributed by atoms with van der Waals surface area (Å²) in [7, 11) is -8.85. The van der Waals surface area contributed by atoms with Gasteiger partial charge in [0.2, 0.25) is 5.91 Å². The standard InChI is InChI=1S/C7H13NO7S2/c1-2-7(9)8-5-6(17(13,14)15)3-4-16(10,11)12/h2,6H,1,3-5H2,(H,8,9)(H,10,11,12)(H,13,14,15). The SMILES string of the molecule is C=CC(=O)NCC(CCS(=O)(=O)O)S(=O)(=O)O. The highest BCUT2D eigenvalue weighted by Crippen LogP contribution is 2.05. The summed E-state index contributed by atoms with van der Waals surface area (Å²) in [6.07, 6.45) is 0.360. The summed E-state index contributed by atoms with van der Waals surface area (Å²) < 4.78 is 59.8. The Kier molecular flexibility index (Phi) is 5.75. The molecule has 0 spiro atoms. The number of carbonyl (C=O) groups is 1. The van der Waals surface area contributed by atoms with E-state index in [4.69, 9.17) is 9.11 Å². The van der Waals surface area contributed by atoms with Gasteiger partial charge in [-0.15, -0.1) is 0 Å². The summed E-state index contributed by atoms with van der Waals surface area (Å²) in [6.45, 7) is 2.65. The van der Waals surface area contributed by atoms with E-state index in [-0.39, 0.29) is 0 Å². The van der Waals surface area contributed by atoms with Gasteiger partial charge in [0, 0.05) is 6.54 Å². The van der Waals surface area contributed by atoms with E-state index in [9.17, 15) is 21.6 Å². The van der Waals surface area contributed by atoms with Gasteiger partial charge in [-0.05, 0) is 12.5 Å². The normalized spacial score (nSPS) is 14.0. The molecule has 0 aliphatic carbocycles. The van der Waals surface area contributed by atoms with Crippen molar-refractivity contribution in [1.82, 2.24) is 5.32 Å². The van der Waals surface area contributed by atoms with E-state index in [0.717, 1.165) is 6.08 Å². The van der Waals surface area contributed by atoms with Gasteiger partial charge in [0.25, 0.3) is 20.2 Å². The molecule has 1 atom stereocenters. The van der Waals surface area contributed by atoms with Gasteiger partial charge in [0.15, 0.2) is 0 Å². The van der Waals surface area contributed by atoms with Gasteiger partial charge >= 0.3 is 0 Å². The third-order valence-electron chi connectivity index (χ3n) is 1.81. The van der Waals surface area contributed by atoms with Crippen molar-refractivity contribution in [3.05, 3.63) is 12.7 Å². The average molecular weight is 287 g/mol. The van der Waals surface area contributed by atoms with Crippen molar-refractivity contribution in [3.8, 4) is 0 Å². The maximum atomic E-state index is 10.9. The maximum absolute atomic E-state index is 10.9. The topological polar surface area (TPSA) is 138 Å². The summed E-state index contributed by atoms with van der Waals surface area (Å²) >= 11 is 0. The van der Waals surface area contributed by atoms with Crippen LogP contribution in [0.2, 0.25) is 0 Å². The fraction of sp³-hybridized carbons (Fsp3) is 0.571. The zero-order chi connectivity index (χ0) is 13.7. The largest absolute Gasteiger partial charge is 0.351 e. The van der Waals surface area contributed by atoms with Gasteiger partial charge in [0.1, 0.15) is 5.25 Å². The van der Waals surface area contributed by atoms with Gasteiger partial charge < -0.3 is 5.32 Å². The highest BCUT2D eigenvalue weighted by Gasteiger charge is 2.25. The number of nitrogens with one attached hydrogen (secondary N) is 1. The van der Waals surface area contributed by atoms with Gasteiger partial charge in [-0.3, -0.25) is 13.9 Å². The molecule has 1 amide bonds. The number of hydrogen-bond acceptors (Lipinski definition) is 5. The first-order chi connectivity index (χ1) is 7.56. The molecule has 0 aromatic heterocycles. The molecule has 0 aromatic carbocycles. The Morgan fingerprint density at radius 1 is 1.29 bits per heavy atom. The lowest BCUT2D eigenvalue weighted by Gasteiger charge is -2.13. The molecule has 1 unspecified atom stereocenters. The molecule has 8 nitrogen and oxygen atoms in total. The monoisotopic (exact) mass is 287 g/mol. The second kappa shape index (κ2) is 6.10. The second-order valence-corrected chi connectivity index (χ2v) is 6.43. The fourth-order valence-electron chi connectivity index (χ4n) is 0.923. The highest BCUT2D eigenvalue weighted by atomic mass is 32.2. The van der Waals surface area contributed by atoms with Gasteiger partial charge in [-0.2, -0.15) is 16.8 Å². The number of rotatable bonds is 7. The van der Waals surface area contributed by atoms with Crippen LogP contribution < -0.4 is 5.32 Å². The fourth-order valence-corrected chi connectivity index (χ4v) is 2.36. The zero-order valence-electron chi connectivity index (χ0n) is 8.74. The minimum atomic E-state index is -4.52. The van der Waals surface area contributed by atoms with E-state index in [0.29, 0.717) is 0 Å². The summed E-state index contributed by atoms with van der Waals surface area (Å²) in [5, 5.41) is 0.596. The maximum Gasteiger partial charge on any atom is 0.269 e. The average Bonchev–Trinajstić information content (AvgIpc) is 2.13. The van der Waals surface area contributed by atoms with Crippen molar-refractivity contribution in [2.45, 2.75) is 11.7 Å². The van der Waals surface area contributed by atoms with Gasteiger partial charge in [-0.1, -0.05) is 6.58 Å². The van der Waals surface area contributed by atoms with Crippen LogP contribution in [0.15, 0.2) is 12.7 Å². The quantitative estimate of drug-likeness (QED) is 0.396. The zero-order valence-corrected chi connectivity index (χ0v) is 10.4. The molecule has 0 bridgehead atoms. The second-order valence-electron chi connectivity index (χ2n) is 3.16. The third kappa shape index (κ3) is 7.85. The number of carbonyl (C=O) groups excluding carboxylic acids is 1. The Morgan fingerprint density at radius 2 is 1.82 bits per heavy atom. The molecule has 0 saturated carbocycles. The summed E-state index contributed by atoms with van der Waals surface area (Å²) in [5.41, 5.74) is 0. The van der Waals surface area contributed by atoms with E-state index < -0.39 is 50.1 Å². The molecule has 0 rings (SSSR count). The number of hydrogen-bond donors (Lipinski definition) is 3. The van der Waals surface area contributed by atoms with Gasteiger partial charge in [-0.25, -0.2) is 0 Å². The molecule has 0 saturated heterocycles. The van der Waals surface area contributed by atoms with E-state index in [1.165, 1.54) is 0 Å². The molecule has 0 aliphatic rings. The first-order valence-corrected chi connectivity index (χ1v) is 7.49. The van der Waals surface area contributed by atoms with Crippen LogP contribution >= 0.6 is 0 Å². The predicted molar refractivity (Wildman–Crippen MR) is 59.6 cm³/mol. The molecule has 10 heteroatoms. The molecule has 0 radical (unpaired) electrons. The lowest BCUT2D eigenvalue weighted by atomic mass is 10.3. The Bertz CT molecular complexity index is 478. The van der Waals surface area contributed by atoms with Crippen molar-refractivity contribution >= 4 is 26.1 Å². The molecule has 17 heavy (non-hydrogen) atoms. The van der Waals surface area contributed by atoms with E-state index >= 15 is 0 Å². The van der Waals surface area contributed by atoms with Crippen LogP contribution in [0.3, 0.4) is 0 Å². The van der Waals surface area contributed by atoms with Crippen LogP contribution in [0, 0.1) is 0 Å². The Morgan fingerprint density at radius 3 is 2.18 bits per heavy atom. The Labute approximate surface area is 99.2 Å². The van der Waals surface area contributed by atoms with Crippen molar-refractivity contribution in [2.24, 2.45) is 0 Å². The number of amides is 1. The lowest BCUT2D eigenvalue weighted by molar-refractivity contribution is -0.116. The highest BCUT2D eigenvalue weighted by molar-refractivity contribution is 7.87. The summed E-state index contributed by atoms with van der Waals surface area (Å²) in [5.74, 6) is -1.49. The van der Waals surface area contributed by atoms with Crippen LogP contribution in [-0.4, -0.2) is 49.4 Å². The first kappa shape index (κ1) is 16.0. The first-order valence-electron chi connectivity index (χ1n) is 4.38. The van der Waals surface area contributed by atoms with Crippen LogP contribution in [0.25, 0.3) is 0 Å². The Hall–Kier alpha value is -0.970. The minimum Gasteiger partial charge on any atom is -0.351 e. The molecule has 0 fully saturated rings. The van der Waals surface area contributed by atoms with Crippen LogP contribution in [0.5, 0.6) is 0 Å². The van der Waals surface area contributed by atoms with Crippen LogP contribution in [0.1, 0.15) is 6.42 Å². The van der Waals surface area contributed by atoms with Crippen LogP contribution in [0.4, 0.5) is 0 Å². The summed E-state index contributed by atoms with van der Waals surface area (Å²) in [6, 6.07) is 0. The van der Waals surface area contributed by atoms with Gasteiger partial charge in [0.05, 0.1) is 5.75 Å². The summed E-state index contributed by atoms with van der Waals surface area (Å²) in [4.78, 5) is 10.8. The van der Waals surface area contributed by atoms with Crippen molar-refractivity contribution in [3.63, 3.8) is 0 Å². The lowest BCUT2D eigenvalue weighted by Crippen LogP contribution is -2.37. The van der Waals surface area contributed by atoms with Crippen molar-refractivity contribution in [2.75, 3.05) is 12.3 Å². The third-order valence-corrected chi connectivity index (χ3v) is 3.80. The molecular weight excluding hydrogens is 274 g/mol. The Balaban J connectivity index is 4.57. The molecule has 100 valence electrons. The van der Waals surface area contributed by atoms with Crippen LogP contribution in [-0.2, 0) is 25.0 Å². The molecular formula is C7H13NO7S2. The smallest absolute Gasteiger partial charge is 0.269 e.